The maximum Gasteiger partial charge on any atom is 0.410 e. The number of halogens is 1. The minimum atomic E-state index is -0.530. The average Bonchev–Trinajstić information content (AvgIpc) is 2.85. The van der Waals surface area contributed by atoms with Crippen molar-refractivity contribution in [3.63, 3.8) is 0 Å². The third kappa shape index (κ3) is 4.98. The van der Waals surface area contributed by atoms with Gasteiger partial charge >= 0.3 is 6.09 Å². The standard InChI is InChI=1S/C14H25IN2O4/c1-9(12(18)16-15)11(20-5)10-7-6-8-17(10)13(19)21-14(2,3)4/h9-11H,6-8H2,1-5H3,(H,16,18)/t9?,10-,11+/m0/s1. The van der Waals surface area contributed by atoms with Crippen LogP contribution >= 0.6 is 22.9 Å². The molecule has 1 N–H and O–H groups in total. The molecule has 1 heterocycles. The van der Waals surface area contributed by atoms with Crippen LogP contribution in [0.1, 0.15) is 40.5 Å². The summed E-state index contributed by atoms with van der Waals surface area (Å²) in [6, 6.07) is -0.131. The molecule has 122 valence electrons. The molecule has 0 aromatic rings. The number of carbonyl (C=O) groups excluding carboxylic acids is 2. The maximum absolute atomic E-state index is 12.3. The van der Waals surface area contributed by atoms with Crippen LogP contribution in [0.5, 0.6) is 0 Å². The normalized spacial score (nSPS) is 21.8. The van der Waals surface area contributed by atoms with E-state index < -0.39 is 5.60 Å². The molecule has 0 spiro atoms. The molecule has 21 heavy (non-hydrogen) atoms. The molecule has 1 aliphatic heterocycles. The number of likely N-dealkylation sites (tertiary alicyclic amines) is 1. The van der Waals surface area contributed by atoms with Gasteiger partial charge in [-0.1, -0.05) is 6.92 Å². The van der Waals surface area contributed by atoms with Crippen molar-refractivity contribution in [2.75, 3.05) is 13.7 Å². The number of hydrogen-bond acceptors (Lipinski definition) is 4. The summed E-state index contributed by atoms with van der Waals surface area (Å²) in [6.07, 6.45) is 1.03. The van der Waals surface area contributed by atoms with Gasteiger partial charge in [-0.3, -0.25) is 8.32 Å². The number of rotatable bonds is 4. The predicted octanol–water partition coefficient (Wildman–Crippen LogP) is 2.50. The van der Waals surface area contributed by atoms with Crippen LogP contribution in [0, 0.1) is 5.92 Å². The van der Waals surface area contributed by atoms with Crippen molar-refractivity contribution in [3.05, 3.63) is 0 Å². The van der Waals surface area contributed by atoms with Crippen molar-refractivity contribution in [1.82, 2.24) is 8.43 Å². The molecule has 0 saturated carbocycles. The average molecular weight is 412 g/mol. The molecule has 1 fully saturated rings. The first-order valence-electron chi connectivity index (χ1n) is 7.14. The molecule has 6 nitrogen and oxygen atoms in total. The first-order valence-corrected chi connectivity index (χ1v) is 8.22. The number of hydrogen-bond donors (Lipinski definition) is 1. The minimum Gasteiger partial charge on any atom is -0.444 e. The number of ether oxygens (including phenoxy) is 2. The van der Waals surface area contributed by atoms with Crippen LogP contribution in [-0.4, -0.2) is 48.3 Å². The lowest BCUT2D eigenvalue weighted by Crippen LogP contribution is -2.50. The van der Waals surface area contributed by atoms with Gasteiger partial charge in [-0.05, 0) is 33.6 Å². The first kappa shape index (κ1) is 18.5. The Morgan fingerprint density at radius 3 is 2.48 bits per heavy atom. The highest BCUT2D eigenvalue weighted by Crippen LogP contribution is 2.28. The van der Waals surface area contributed by atoms with Crippen LogP contribution in [0.3, 0.4) is 0 Å². The Morgan fingerprint density at radius 1 is 1.38 bits per heavy atom. The van der Waals surface area contributed by atoms with E-state index in [1.54, 1.807) is 12.0 Å². The summed E-state index contributed by atoms with van der Waals surface area (Å²) in [5.74, 6) is -0.432. The van der Waals surface area contributed by atoms with Gasteiger partial charge in [-0.25, -0.2) is 4.79 Å². The van der Waals surface area contributed by atoms with E-state index in [0.29, 0.717) is 6.54 Å². The molecule has 1 aliphatic rings. The summed E-state index contributed by atoms with van der Waals surface area (Å²) < 4.78 is 13.6. The van der Waals surface area contributed by atoms with Gasteiger partial charge in [0.25, 0.3) is 0 Å². The zero-order valence-corrected chi connectivity index (χ0v) is 15.5. The fourth-order valence-corrected chi connectivity index (χ4v) is 3.10. The van der Waals surface area contributed by atoms with Crippen LogP contribution < -0.4 is 3.53 Å². The van der Waals surface area contributed by atoms with Gasteiger partial charge < -0.3 is 14.4 Å². The molecule has 0 radical (unpaired) electrons. The number of methoxy groups -OCH3 is 1. The van der Waals surface area contributed by atoms with Gasteiger partial charge in [0.05, 0.1) is 40.9 Å². The van der Waals surface area contributed by atoms with Gasteiger partial charge in [-0.2, -0.15) is 0 Å². The maximum atomic E-state index is 12.3. The lowest BCUT2D eigenvalue weighted by molar-refractivity contribution is -0.128. The summed E-state index contributed by atoms with van der Waals surface area (Å²) in [4.78, 5) is 25.8. The molecule has 0 aliphatic carbocycles. The lowest BCUT2D eigenvalue weighted by Gasteiger charge is -2.34. The molecule has 2 amide bonds. The first-order chi connectivity index (χ1) is 9.71. The van der Waals surface area contributed by atoms with Crippen LogP contribution in [0.15, 0.2) is 0 Å². The Labute approximate surface area is 140 Å². The van der Waals surface area contributed by atoms with E-state index in [9.17, 15) is 9.59 Å². The molecule has 3 atom stereocenters. The molecule has 7 heteroatoms. The van der Waals surface area contributed by atoms with E-state index in [-0.39, 0.29) is 30.1 Å². The molecular weight excluding hydrogens is 387 g/mol. The highest BCUT2D eigenvalue weighted by molar-refractivity contribution is 14.1. The molecule has 0 bridgehead atoms. The van der Waals surface area contributed by atoms with E-state index in [0.717, 1.165) is 12.8 Å². The van der Waals surface area contributed by atoms with Crippen LogP contribution in [0.2, 0.25) is 0 Å². The second kappa shape index (κ2) is 7.62. The van der Waals surface area contributed by atoms with E-state index >= 15 is 0 Å². The fourth-order valence-electron chi connectivity index (χ4n) is 2.61. The Morgan fingerprint density at radius 2 is 2.00 bits per heavy atom. The highest BCUT2D eigenvalue weighted by atomic mass is 127. The second-order valence-corrected chi connectivity index (χ2v) is 6.87. The Hall–Kier alpha value is -0.570. The van der Waals surface area contributed by atoms with Gasteiger partial charge in [0.1, 0.15) is 5.60 Å². The van der Waals surface area contributed by atoms with Gasteiger partial charge in [0.2, 0.25) is 5.91 Å². The molecule has 0 aromatic heterocycles. The number of nitrogens with one attached hydrogen (secondary N) is 1. The molecule has 1 saturated heterocycles. The molecular formula is C14H25IN2O4. The second-order valence-electron chi connectivity index (χ2n) is 6.33. The predicted molar refractivity (Wildman–Crippen MR) is 88.1 cm³/mol. The number of amides is 2. The monoisotopic (exact) mass is 412 g/mol. The SMILES string of the molecule is CO[C@H](C(C)C(=O)NI)[C@@H]1CCCN1C(=O)OC(C)(C)C. The Kier molecular flexibility index (Phi) is 6.71. The van der Waals surface area contributed by atoms with E-state index in [2.05, 4.69) is 3.53 Å². The van der Waals surface area contributed by atoms with Crippen molar-refractivity contribution in [2.24, 2.45) is 5.92 Å². The summed E-state index contributed by atoms with van der Waals surface area (Å²) in [6.45, 7) is 7.98. The third-order valence-corrected chi connectivity index (χ3v) is 4.11. The topological polar surface area (TPSA) is 67.9 Å². The zero-order valence-electron chi connectivity index (χ0n) is 13.3. The van der Waals surface area contributed by atoms with Gasteiger partial charge in [0, 0.05) is 13.7 Å². The minimum absolute atomic E-state index is 0.0986. The largest absolute Gasteiger partial charge is 0.444 e. The molecule has 0 aromatic carbocycles. The summed E-state index contributed by atoms with van der Waals surface area (Å²) in [5.41, 5.74) is -0.530. The molecule has 1 unspecified atom stereocenters. The van der Waals surface area contributed by atoms with Crippen LogP contribution in [0.4, 0.5) is 4.79 Å². The highest BCUT2D eigenvalue weighted by Gasteiger charge is 2.41. The number of nitrogens with zero attached hydrogens (tertiary/aromatic N) is 1. The summed E-state index contributed by atoms with van der Waals surface area (Å²) in [5, 5.41) is 0. The van der Waals surface area contributed by atoms with Crippen LogP contribution in [0.25, 0.3) is 0 Å². The van der Waals surface area contributed by atoms with Crippen molar-refractivity contribution in [2.45, 2.75) is 58.3 Å². The summed E-state index contributed by atoms with van der Waals surface area (Å²) in [7, 11) is 1.58. The summed E-state index contributed by atoms with van der Waals surface area (Å²) >= 11 is 1.82. The number of carbonyl (C=O) groups is 2. The van der Waals surface area contributed by atoms with Gasteiger partial charge in [-0.15, -0.1) is 0 Å². The van der Waals surface area contributed by atoms with Crippen molar-refractivity contribution in [1.29, 1.82) is 0 Å². The van der Waals surface area contributed by atoms with E-state index in [4.69, 9.17) is 9.47 Å². The van der Waals surface area contributed by atoms with E-state index in [1.165, 1.54) is 0 Å². The van der Waals surface area contributed by atoms with Crippen molar-refractivity contribution in [3.8, 4) is 0 Å². The Bertz CT molecular complexity index is 384. The smallest absolute Gasteiger partial charge is 0.410 e. The fraction of sp³-hybridized carbons (Fsp3) is 0.857. The Balaban J connectivity index is 2.83. The lowest BCUT2D eigenvalue weighted by atomic mass is 9.95. The van der Waals surface area contributed by atoms with Crippen molar-refractivity contribution >= 4 is 34.9 Å². The van der Waals surface area contributed by atoms with Crippen LogP contribution in [-0.2, 0) is 14.3 Å². The third-order valence-electron chi connectivity index (χ3n) is 3.58. The van der Waals surface area contributed by atoms with Gasteiger partial charge in [0.15, 0.2) is 0 Å². The molecule has 1 rings (SSSR count). The van der Waals surface area contributed by atoms with E-state index in [1.807, 2.05) is 50.6 Å². The zero-order chi connectivity index (χ0) is 16.2. The quantitative estimate of drug-likeness (QED) is 0.569. The van der Waals surface area contributed by atoms with Crippen molar-refractivity contribution < 1.29 is 19.1 Å².